The summed E-state index contributed by atoms with van der Waals surface area (Å²) in [6, 6.07) is 10.2. The monoisotopic (exact) mass is 311 g/mol. The SMILES string of the molecule is CNc1nc(C)nc2c(CCCOCc3ccccc3)cnn12. The van der Waals surface area contributed by atoms with Crippen molar-refractivity contribution >= 4 is 11.6 Å². The van der Waals surface area contributed by atoms with Gasteiger partial charge in [-0.15, -0.1) is 0 Å². The highest BCUT2D eigenvalue weighted by molar-refractivity contribution is 5.50. The van der Waals surface area contributed by atoms with Gasteiger partial charge in [0.05, 0.1) is 12.8 Å². The van der Waals surface area contributed by atoms with Crippen LogP contribution in [0.2, 0.25) is 0 Å². The zero-order valence-corrected chi connectivity index (χ0v) is 13.5. The molecule has 2 aromatic heterocycles. The maximum atomic E-state index is 5.73. The van der Waals surface area contributed by atoms with Crippen molar-refractivity contribution in [2.24, 2.45) is 0 Å². The second kappa shape index (κ2) is 7.19. The number of aromatic nitrogens is 4. The van der Waals surface area contributed by atoms with Gasteiger partial charge in [0.2, 0.25) is 5.95 Å². The van der Waals surface area contributed by atoms with E-state index in [9.17, 15) is 0 Å². The summed E-state index contributed by atoms with van der Waals surface area (Å²) in [5.41, 5.74) is 3.19. The molecule has 3 rings (SSSR count). The maximum absolute atomic E-state index is 5.73. The van der Waals surface area contributed by atoms with E-state index in [-0.39, 0.29) is 0 Å². The molecular formula is C17H21N5O. The van der Waals surface area contributed by atoms with Gasteiger partial charge >= 0.3 is 0 Å². The van der Waals surface area contributed by atoms with Gasteiger partial charge in [-0.2, -0.15) is 14.6 Å². The second-order valence-corrected chi connectivity index (χ2v) is 5.39. The minimum absolute atomic E-state index is 0.654. The van der Waals surface area contributed by atoms with Crippen LogP contribution in [0.5, 0.6) is 0 Å². The van der Waals surface area contributed by atoms with Crippen LogP contribution in [-0.4, -0.2) is 33.2 Å². The Kier molecular flexibility index (Phi) is 4.83. The fourth-order valence-electron chi connectivity index (χ4n) is 2.50. The minimum atomic E-state index is 0.654. The van der Waals surface area contributed by atoms with Crippen LogP contribution in [-0.2, 0) is 17.8 Å². The molecule has 3 aromatic rings. The molecule has 0 aliphatic carbocycles. The van der Waals surface area contributed by atoms with E-state index in [1.54, 1.807) is 4.52 Å². The normalized spacial score (nSPS) is 11.0. The first-order valence-electron chi connectivity index (χ1n) is 7.78. The standard InChI is InChI=1S/C17H21N5O/c1-13-20-16-15(11-19-22(16)17(18-2)21-13)9-6-10-23-12-14-7-4-3-5-8-14/h3-5,7-8,11H,6,9-10,12H2,1-2H3,(H,18,20,21). The number of hydrogen-bond acceptors (Lipinski definition) is 5. The lowest BCUT2D eigenvalue weighted by Crippen LogP contribution is -2.06. The van der Waals surface area contributed by atoms with Crippen molar-refractivity contribution in [2.75, 3.05) is 19.0 Å². The molecule has 0 saturated heterocycles. The largest absolute Gasteiger partial charge is 0.377 e. The van der Waals surface area contributed by atoms with Gasteiger partial charge in [0.25, 0.3) is 0 Å². The van der Waals surface area contributed by atoms with Crippen LogP contribution in [0.25, 0.3) is 5.65 Å². The lowest BCUT2D eigenvalue weighted by molar-refractivity contribution is 0.119. The van der Waals surface area contributed by atoms with Crippen LogP contribution < -0.4 is 5.32 Å². The summed E-state index contributed by atoms with van der Waals surface area (Å²) in [7, 11) is 1.83. The number of benzene rings is 1. The maximum Gasteiger partial charge on any atom is 0.227 e. The molecule has 2 heterocycles. The lowest BCUT2D eigenvalue weighted by Gasteiger charge is -2.05. The van der Waals surface area contributed by atoms with Gasteiger partial charge in [-0.05, 0) is 25.3 Å². The predicted octanol–water partition coefficient (Wildman–Crippen LogP) is 2.62. The minimum Gasteiger partial charge on any atom is -0.377 e. The Hall–Kier alpha value is -2.47. The Labute approximate surface area is 135 Å². The molecule has 0 spiro atoms. The molecule has 0 bridgehead atoms. The topological polar surface area (TPSA) is 64.3 Å². The molecule has 0 atom stereocenters. The van der Waals surface area contributed by atoms with Crippen molar-refractivity contribution < 1.29 is 4.74 Å². The summed E-state index contributed by atoms with van der Waals surface area (Å²) in [5.74, 6) is 1.45. The Morgan fingerprint density at radius 1 is 1.17 bits per heavy atom. The van der Waals surface area contributed by atoms with Gasteiger partial charge in [-0.1, -0.05) is 30.3 Å². The van der Waals surface area contributed by atoms with Crippen LogP contribution in [0.15, 0.2) is 36.5 Å². The Bertz CT molecular complexity index is 769. The molecule has 0 saturated carbocycles. The third kappa shape index (κ3) is 3.65. The summed E-state index contributed by atoms with van der Waals surface area (Å²) in [5, 5.41) is 7.41. The van der Waals surface area contributed by atoms with Crippen LogP contribution in [0, 0.1) is 6.92 Å². The molecule has 6 nitrogen and oxygen atoms in total. The molecule has 1 N–H and O–H groups in total. The molecule has 1 aromatic carbocycles. The van der Waals surface area contributed by atoms with Crippen molar-refractivity contribution in [1.29, 1.82) is 0 Å². The number of anilines is 1. The highest BCUT2D eigenvalue weighted by atomic mass is 16.5. The highest BCUT2D eigenvalue weighted by Gasteiger charge is 2.10. The van der Waals surface area contributed by atoms with Crippen molar-refractivity contribution in [3.8, 4) is 0 Å². The molecule has 0 amide bonds. The third-order valence-corrected chi connectivity index (χ3v) is 3.62. The number of nitrogens with one attached hydrogen (secondary N) is 1. The highest BCUT2D eigenvalue weighted by Crippen LogP contribution is 2.14. The number of aryl methyl sites for hydroxylation is 2. The van der Waals surface area contributed by atoms with Gasteiger partial charge < -0.3 is 10.1 Å². The van der Waals surface area contributed by atoms with E-state index in [1.807, 2.05) is 38.4 Å². The van der Waals surface area contributed by atoms with Gasteiger partial charge in [0.1, 0.15) is 5.82 Å². The van der Waals surface area contributed by atoms with E-state index in [4.69, 9.17) is 4.74 Å². The summed E-state index contributed by atoms with van der Waals surface area (Å²) in [4.78, 5) is 8.83. The fourth-order valence-corrected chi connectivity index (χ4v) is 2.50. The zero-order valence-electron chi connectivity index (χ0n) is 13.5. The van der Waals surface area contributed by atoms with E-state index in [0.29, 0.717) is 12.6 Å². The molecular weight excluding hydrogens is 290 g/mol. The summed E-state index contributed by atoms with van der Waals surface area (Å²) < 4.78 is 7.47. The molecule has 0 aliphatic rings. The van der Waals surface area contributed by atoms with Crippen molar-refractivity contribution in [2.45, 2.75) is 26.4 Å². The number of nitrogens with zero attached hydrogens (tertiary/aromatic N) is 4. The quantitative estimate of drug-likeness (QED) is 0.680. The fraction of sp³-hybridized carbons (Fsp3) is 0.353. The Morgan fingerprint density at radius 3 is 2.78 bits per heavy atom. The van der Waals surface area contributed by atoms with Crippen LogP contribution in [0.1, 0.15) is 23.4 Å². The van der Waals surface area contributed by atoms with E-state index in [2.05, 4.69) is 32.5 Å². The average molecular weight is 311 g/mol. The first-order valence-corrected chi connectivity index (χ1v) is 7.78. The Balaban J connectivity index is 1.56. The van der Waals surface area contributed by atoms with Crippen molar-refractivity contribution in [1.82, 2.24) is 19.6 Å². The van der Waals surface area contributed by atoms with Crippen molar-refractivity contribution in [3.05, 3.63) is 53.5 Å². The molecule has 6 heteroatoms. The zero-order chi connectivity index (χ0) is 16.1. The van der Waals surface area contributed by atoms with E-state index < -0.39 is 0 Å². The summed E-state index contributed by atoms with van der Waals surface area (Å²) in [6.45, 7) is 3.26. The Morgan fingerprint density at radius 2 is 2.00 bits per heavy atom. The lowest BCUT2D eigenvalue weighted by atomic mass is 10.2. The number of hydrogen-bond donors (Lipinski definition) is 1. The van der Waals surface area contributed by atoms with Crippen molar-refractivity contribution in [3.63, 3.8) is 0 Å². The van der Waals surface area contributed by atoms with E-state index in [1.165, 1.54) is 5.56 Å². The summed E-state index contributed by atoms with van der Waals surface area (Å²) in [6.07, 6.45) is 3.69. The van der Waals surface area contributed by atoms with Crippen LogP contribution in [0.4, 0.5) is 5.95 Å². The number of fused-ring (bicyclic) bond motifs is 1. The molecule has 0 aliphatic heterocycles. The average Bonchev–Trinajstić information content (AvgIpc) is 2.97. The van der Waals surface area contributed by atoms with E-state index >= 15 is 0 Å². The van der Waals surface area contributed by atoms with Crippen LogP contribution in [0.3, 0.4) is 0 Å². The van der Waals surface area contributed by atoms with Gasteiger partial charge in [-0.25, -0.2) is 4.98 Å². The molecule has 23 heavy (non-hydrogen) atoms. The first-order chi connectivity index (χ1) is 11.3. The molecule has 0 fully saturated rings. The molecule has 120 valence electrons. The third-order valence-electron chi connectivity index (χ3n) is 3.62. The predicted molar refractivity (Wildman–Crippen MR) is 89.5 cm³/mol. The van der Waals surface area contributed by atoms with E-state index in [0.717, 1.165) is 36.5 Å². The number of ether oxygens (including phenoxy) is 1. The number of rotatable bonds is 7. The second-order valence-electron chi connectivity index (χ2n) is 5.39. The molecule has 0 unspecified atom stereocenters. The summed E-state index contributed by atoms with van der Waals surface area (Å²) >= 11 is 0. The first kappa shape index (κ1) is 15.4. The van der Waals surface area contributed by atoms with Crippen LogP contribution >= 0.6 is 0 Å². The smallest absolute Gasteiger partial charge is 0.227 e. The van der Waals surface area contributed by atoms with Gasteiger partial charge in [0.15, 0.2) is 5.65 Å². The molecule has 0 radical (unpaired) electrons. The van der Waals surface area contributed by atoms with Gasteiger partial charge in [0, 0.05) is 19.2 Å². The van der Waals surface area contributed by atoms with Gasteiger partial charge in [-0.3, -0.25) is 0 Å².